The molecule has 0 aliphatic heterocycles. The van der Waals surface area contributed by atoms with Crippen LogP contribution in [0.15, 0.2) is 0 Å². The van der Waals surface area contributed by atoms with Gasteiger partial charge in [0.1, 0.15) is 15.5 Å². The van der Waals surface area contributed by atoms with Crippen molar-refractivity contribution in [2.24, 2.45) is 0 Å². The van der Waals surface area contributed by atoms with Crippen molar-refractivity contribution in [2.45, 2.75) is 103 Å². The molecule has 0 aliphatic carbocycles. The third-order valence-electron chi connectivity index (χ3n) is 4.29. The largest absolute Gasteiger partial charge is 0.138 e. The molecule has 0 heterocycles. The lowest BCUT2D eigenvalue weighted by Gasteiger charge is -2.07. The summed E-state index contributed by atoms with van der Waals surface area (Å²) in [6.45, 7) is 7.07. The first-order valence-electron chi connectivity index (χ1n) is 9.59. The second-order valence-electron chi connectivity index (χ2n) is 7.21. The Balaban J connectivity index is 3.00. The quantitative estimate of drug-likeness (QED) is 0.186. The molecule has 0 atom stereocenters. The van der Waals surface area contributed by atoms with Crippen molar-refractivity contribution in [1.82, 2.24) is 0 Å². The zero-order chi connectivity index (χ0) is 15.8. The maximum Gasteiger partial charge on any atom is 0.138 e. The van der Waals surface area contributed by atoms with Crippen LogP contribution in [0.1, 0.15) is 103 Å². The molecular formula is C19H41BrP+. The molecule has 0 aromatic carbocycles. The lowest BCUT2D eigenvalue weighted by atomic mass is 10.0. The predicted molar refractivity (Wildman–Crippen MR) is 107 cm³/mol. The topological polar surface area (TPSA) is 0 Å². The molecule has 0 radical (unpaired) electrons. The second kappa shape index (κ2) is 15.8. The minimum absolute atomic E-state index is 0.690. The molecule has 0 unspecified atom stereocenters. The molecule has 0 aromatic rings. The van der Waals surface area contributed by atoms with Crippen LogP contribution in [-0.2, 0) is 0 Å². The Bertz CT molecular complexity index is 198. The van der Waals surface area contributed by atoms with Crippen LogP contribution in [0, 0.1) is 0 Å². The maximum absolute atomic E-state index is 3.83. The Morgan fingerprint density at radius 3 is 1.10 bits per heavy atom. The van der Waals surface area contributed by atoms with Crippen LogP contribution in [0.25, 0.3) is 0 Å². The van der Waals surface area contributed by atoms with Crippen molar-refractivity contribution in [3.05, 3.63) is 0 Å². The van der Waals surface area contributed by atoms with Crippen molar-refractivity contribution in [1.29, 1.82) is 0 Å². The van der Waals surface area contributed by atoms with Gasteiger partial charge in [-0.05, 0) is 12.8 Å². The number of hydrogen-bond donors (Lipinski definition) is 0. The summed E-state index contributed by atoms with van der Waals surface area (Å²) >= 11 is 3.83. The van der Waals surface area contributed by atoms with Crippen LogP contribution >= 0.6 is 21.5 Å². The van der Waals surface area contributed by atoms with Gasteiger partial charge in [-0.1, -0.05) is 90.4 Å². The summed E-state index contributed by atoms with van der Waals surface area (Å²) in [5, 5.41) is 0. The van der Waals surface area contributed by atoms with Crippen molar-refractivity contribution in [3.63, 3.8) is 0 Å². The molecule has 0 N–H and O–H groups in total. The van der Waals surface area contributed by atoms with E-state index in [1.807, 2.05) is 0 Å². The molecule has 0 fully saturated rings. The van der Waals surface area contributed by atoms with Gasteiger partial charge in [0.25, 0.3) is 0 Å². The van der Waals surface area contributed by atoms with Gasteiger partial charge in [0, 0.05) is 0 Å². The molecule has 0 spiro atoms. The molecule has 21 heavy (non-hydrogen) atoms. The Morgan fingerprint density at radius 2 is 0.810 bits per heavy atom. The summed E-state index contributed by atoms with van der Waals surface area (Å²) in [4.78, 5) is 0. The average Bonchev–Trinajstić information content (AvgIpc) is 2.42. The second-order valence-corrected chi connectivity index (χ2v) is 16.5. The third kappa shape index (κ3) is 20.9. The monoisotopic (exact) mass is 379 g/mol. The van der Waals surface area contributed by atoms with Crippen molar-refractivity contribution < 1.29 is 0 Å². The fourth-order valence-corrected chi connectivity index (χ4v) is 4.59. The molecule has 2 heteroatoms. The van der Waals surface area contributed by atoms with Gasteiger partial charge in [0.2, 0.25) is 0 Å². The first kappa shape index (κ1) is 21.9. The van der Waals surface area contributed by atoms with E-state index in [0.717, 1.165) is 0 Å². The van der Waals surface area contributed by atoms with Crippen LogP contribution < -0.4 is 0 Å². The molecule has 0 aliphatic rings. The molecule has 0 rings (SSSR count). The van der Waals surface area contributed by atoms with Crippen LogP contribution in [0.2, 0.25) is 0 Å². The highest BCUT2D eigenvalue weighted by molar-refractivity contribution is 9.42. The third-order valence-corrected chi connectivity index (χ3v) is 6.74. The van der Waals surface area contributed by atoms with E-state index in [9.17, 15) is 0 Å². The van der Waals surface area contributed by atoms with E-state index in [-0.39, 0.29) is 0 Å². The fourth-order valence-electron chi connectivity index (χ4n) is 2.86. The molecule has 128 valence electrons. The van der Waals surface area contributed by atoms with Gasteiger partial charge < -0.3 is 0 Å². The van der Waals surface area contributed by atoms with Crippen molar-refractivity contribution in [2.75, 3.05) is 19.5 Å². The molecule has 0 saturated carbocycles. The zero-order valence-corrected chi connectivity index (χ0v) is 17.6. The highest BCUT2D eigenvalue weighted by Gasteiger charge is 2.19. The summed E-state index contributed by atoms with van der Waals surface area (Å²) in [7, 11) is 0. The Kier molecular flexibility index (Phi) is 16.5. The number of unbranched alkanes of at least 4 members (excludes halogenated alkanes) is 14. The number of hydrogen-bond acceptors (Lipinski definition) is 0. The van der Waals surface area contributed by atoms with Crippen LogP contribution in [0.5, 0.6) is 0 Å². The molecule has 0 amide bonds. The summed E-state index contributed by atoms with van der Waals surface area (Å²) in [6, 6.07) is 0. The molecule has 0 aromatic heterocycles. The van der Waals surface area contributed by atoms with E-state index in [2.05, 4.69) is 35.7 Å². The van der Waals surface area contributed by atoms with Gasteiger partial charge >= 0.3 is 0 Å². The van der Waals surface area contributed by atoms with Crippen LogP contribution in [-0.4, -0.2) is 19.5 Å². The highest BCUT2D eigenvalue weighted by Crippen LogP contribution is 2.59. The van der Waals surface area contributed by atoms with Gasteiger partial charge in [-0.15, -0.1) is 0 Å². The molecule has 0 nitrogen and oxygen atoms in total. The molecule has 0 saturated heterocycles. The lowest BCUT2D eigenvalue weighted by Crippen LogP contribution is -1.88. The zero-order valence-electron chi connectivity index (χ0n) is 15.1. The summed E-state index contributed by atoms with van der Waals surface area (Å²) in [6.07, 6.45) is 23.3. The van der Waals surface area contributed by atoms with E-state index in [4.69, 9.17) is 0 Å². The predicted octanol–water partition coefficient (Wildman–Crippen LogP) is 8.44. The van der Waals surface area contributed by atoms with Gasteiger partial charge in [0.15, 0.2) is 0 Å². The molecular weight excluding hydrogens is 339 g/mol. The number of rotatable bonds is 16. The van der Waals surface area contributed by atoms with Gasteiger partial charge in [0.05, 0.1) is 25.5 Å². The average molecular weight is 380 g/mol. The lowest BCUT2D eigenvalue weighted by molar-refractivity contribution is 0.535. The summed E-state index contributed by atoms with van der Waals surface area (Å²) in [5.41, 5.74) is 0. The van der Waals surface area contributed by atoms with E-state index in [0.29, 0.717) is 0 Å². The summed E-state index contributed by atoms with van der Waals surface area (Å²) in [5.74, 6) is -0.690. The van der Waals surface area contributed by atoms with Crippen molar-refractivity contribution >= 4 is 21.5 Å². The normalized spacial score (nSPS) is 12.0. The maximum atomic E-state index is 3.83. The molecule has 0 bridgehead atoms. The minimum Gasteiger partial charge on any atom is -0.0654 e. The smallest absolute Gasteiger partial charge is 0.0654 e. The highest BCUT2D eigenvalue weighted by atomic mass is 79.9. The first-order chi connectivity index (χ1) is 10.1. The minimum atomic E-state index is -0.690. The van der Waals surface area contributed by atoms with Crippen molar-refractivity contribution in [3.8, 4) is 0 Å². The Hall–Kier alpha value is 0.910. The van der Waals surface area contributed by atoms with Gasteiger partial charge in [-0.25, -0.2) is 0 Å². The SMILES string of the molecule is CCCCCCCCCCCCCCCCC[P+](C)(C)Br. The van der Waals surface area contributed by atoms with Gasteiger partial charge in [-0.3, -0.25) is 0 Å². The van der Waals surface area contributed by atoms with Crippen LogP contribution in [0.4, 0.5) is 0 Å². The van der Waals surface area contributed by atoms with Crippen LogP contribution in [0.3, 0.4) is 0 Å². The van der Waals surface area contributed by atoms with E-state index >= 15 is 0 Å². The standard InChI is InChI=1S/C19H41BrP/c1-4-5-6-7-8-9-10-11-12-13-14-15-16-17-18-19-21(2,3)20/h4-19H2,1-3H3/q+1. The first-order valence-corrected chi connectivity index (χ1v) is 14.5. The van der Waals surface area contributed by atoms with Gasteiger partial charge in [-0.2, -0.15) is 0 Å². The fraction of sp³-hybridized carbons (Fsp3) is 1.00. The van der Waals surface area contributed by atoms with E-state index in [1.54, 1.807) is 0 Å². The number of halogens is 1. The summed E-state index contributed by atoms with van der Waals surface area (Å²) < 4.78 is 0. The Morgan fingerprint density at radius 1 is 0.524 bits per heavy atom. The van der Waals surface area contributed by atoms with E-state index < -0.39 is 5.96 Å². The Labute approximate surface area is 144 Å². The van der Waals surface area contributed by atoms with E-state index in [1.165, 1.54) is 102 Å².